The van der Waals surface area contributed by atoms with Gasteiger partial charge in [-0.3, -0.25) is 0 Å². The number of hydrogen-bond donors (Lipinski definition) is 0. The predicted molar refractivity (Wildman–Crippen MR) is 111 cm³/mol. The Morgan fingerprint density at radius 1 is 1.03 bits per heavy atom. The van der Waals surface area contributed by atoms with Gasteiger partial charge in [-0.05, 0) is 49.2 Å². The molecule has 0 spiro atoms. The van der Waals surface area contributed by atoms with E-state index in [9.17, 15) is 9.90 Å². The normalized spacial score (nSPS) is 11.9. The molecule has 1 atom stereocenters. The van der Waals surface area contributed by atoms with Crippen molar-refractivity contribution in [1.29, 1.82) is 0 Å². The Kier molecular flexibility index (Phi) is 7.09. The minimum Gasteiger partial charge on any atom is -0.547 e. The van der Waals surface area contributed by atoms with Crippen LogP contribution in [0, 0.1) is 6.92 Å². The molecule has 152 valence electrons. The number of carbonyl (C=O) groups is 1. The van der Waals surface area contributed by atoms with Gasteiger partial charge in [-0.2, -0.15) is 0 Å². The van der Waals surface area contributed by atoms with Crippen LogP contribution in [0.4, 0.5) is 0 Å². The molecule has 0 radical (unpaired) electrons. The third-order valence-corrected chi connectivity index (χ3v) is 4.83. The van der Waals surface area contributed by atoms with Crippen molar-refractivity contribution in [2.75, 3.05) is 13.2 Å². The molecular weight excluding hydrogens is 366 g/mol. The summed E-state index contributed by atoms with van der Waals surface area (Å²) >= 11 is 0. The van der Waals surface area contributed by atoms with E-state index in [2.05, 4.69) is 35.8 Å². The fourth-order valence-electron chi connectivity index (χ4n) is 3.33. The second kappa shape index (κ2) is 9.94. The number of aromatic nitrogens is 1. The van der Waals surface area contributed by atoms with E-state index < -0.39 is 12.1 Å². The fraction of sp³-hybridized carbons (Fsp3) is 0.292. The third-order valence-electron chi connectivity index (χ3n) is 4.83. The number of carboxylic acids is 1. The summed E-state index contributed by atoms with van der Waals surface area (Å²) in [5, 5.41) is 11.1. The van der Waals surface area contributed by atoms with Gasteiger partial charge in [-0.15, -0.1) is 0 Å². The molecule has 0 saturated heterocycles. The van der Waals surface area contributed by atoms with E-state index in [1.807, 2.05) is 42.5 Å². The van der Waals surface area contributed by atoms with E-state index in [1.165, 1.54) is 17.0 Å². The number of hydrogen-bond acceptors (Lipinski definition) is 4. The van der Waals surface area contributed by atoms with Gasteiger partial charge in [0, 0.05) is 24.4 Å². The molecule has 1 aromatic heterocycles. The summed E-state index contributed by atoms with van der Waals surface area (Å²) in [5.74, 6) is -0.440. The summed E-state index contributed by atoms with van der Waals surface area (Å²) in [7, 11) is 0. The smallest absolute Gasteiger partial charge is 0.119 e. The number of carbonyl (C=O) groups excluding carboxylic acids is 1. The zero-order valence-corrected chi connectivity index (χ0v) is 16.8. The first kappa shape index (κ1) is 20.7. The largest absolute Gasteiger partial charge is 0.547 e. The second-order valence-electron chi connectivity index (χ2n) is 6.84. The van der Waals surface area contributed by atoms with Gasteiger partial charge >= 0.3 is 0 Å². The average molecular weight is 392 g/mol. The number of rotatable bonds is 10. The summed E-state index contributed by atoms with van der Waals surface area (Å²) < 4.78 is 13.4. The molecule has 2 aromatic carbocycles. The van der Waals surface area contributed by atoms with Crippen LogP contribution in [0.5, 0.6) is 5.75 Å². The van der Waals surface area contributed by atoms with Crippen molar-refractivity contribution in [2.24, 2.45) is 0 Å². The van der Waals surface area contributed by atoms with Crippen LogP contribution in [0.25, 0.3) is 11.3 Å². The Morgan fingerprint density at radius 3 is 2.41 bits per heavy atom. The zero-order valence-electron chi connectivity index (χ0n) is 16.8. The molecule has 5 nitrogen and oxygen atoms in total. The number of carboxylic acid groups (broad SMARTS) is 1. The van der Waals surface area contributed by atoms with Crippen LogP contribution in [-0.4, -0.2) is 29.9 Å². The Morgan fingerprint density at radius 2 is 1.76 bits per heavy atom. The van der Waals surface area contributed by atoms with Gasteiger partial charge in [-0.1, -0.05) is 42.5 Å². The van der Waals surface area contributed by atoms with Crippen molar-refractivity contribution in [1.82, 2.24) is 4.57 Å². The van der Waals surface area contributed by atoms with E-state index in [-0.39, 0.29) is 6.42 Å². The van der Waals surface area contributed by atoms with Crippen LogP contribution in [0.1, 0.15) is 18.2 Å². The summed E-state index contributed by atoms with van der Waals surface area (Å²) in [4.78, 5) is 11.1. The monoisotopic (exact) mass is 392 g/mol. The summed E-state index contributed by atoms with van der Waals surface area (Å²) in [6, 6.07) is 22.0. The molecule has 29 heavy (non-hydrogen) atoms. The van der Waals surface area contributed by atoms with Crippen molar-refractivity contribution in [3.63, 3.8) is 0 Å². The molecule has 0 N–H and O–H groups in total. The molecule has 0 unspecified atom stereocenters. The predicted octanol–water partition coefficient (Wildman–Crippen LogP) is 3.24. The van der Waals surface area contributed by atoms with E-state index >= 15 is 0 Å². The lowest BCUT2D eigenvalue weighted by Gasteiger charge is -2.18. The minimum atomic E-state index is -1.19. The number of aryl methyl sites for hydroxylation is 1. The standard InChI is InChI=1S/C24H27NO4/c1-3-28-23(24(26)27)17-19-10-12-21(13-11-19)29-16-15-25-18(2)9-14-22(25)20-7-5-4-6-8-20/h4-14,23H,3,15-17H2,1-2H3,(H,26,27)/p-1/t23-/m0/s1. The summed E-state index contributed by atoms with van der Waals surface area (Å²) in [6.07, 6.45) is -0.653. The van der Waals surface area contributed by atoms with Gasteiger partial charge < -0.3 is 23.9 Å². The van der Waals surface area contributed by atoms with Crippen molar-refractivity contribution >= 4 is 5.97 Å². The highest BCUT2D eigenvalue weighted by molar-refractivity contribution is 5.70. The lowest BCUT2D eigenvalue weighted by atomic mass is 10.1. The lowest BCUT2D eigenvalue weighted by molar-refractivity contribution is -0.316. The molecule has 0 aliphatic carbocycles. The Balaban J connectivity index is 1.58. The van der Waals surface area contributed by atoms with Crippen LogP contribution in [0.15, 0.2) is 66.7 Å². The number of nitrogens with zero attached hydrogens (tertiary/aromatic N) is 1. The van der Waals surface area contributed by atoms with E-state index in [0.29, 0.717) is 13.2 Å². The molecule has 0 saturated carbocycles. The number of aliphatic carboxylic acids is 1. The molecule has 0 aliphatic heterocycles. The Hall–Kier alpha value is -3.05. The Bertz CT molecular complexity index is 916. The molecule has 3 rings (SSSR count). The molecule has 0 amide bonds. The van der Waals surface area contributed by atoms with E-state index in [0.717, 1.165) is 17.9 Å². The highest BCUT2D eigenvalue weighted by Crippen LogP contribution is 2.22. The SMILES string of the molecule is CCO[C@@H](Cc1ccc(OCCn2c(C)ccc2-c2ccccc2)cc1)C(=O)[O-]. The van der Waals surface area contributed by atoms with Crippen molar-refractivity contribution in [3.8, 4) is 17.0 Å². The molecule has 0 fully saturated rings. The summed E-state index contributed by atoms with van der Waals surface area (Å²) in [5.41, 5.74) is 4.41. The quantitative estimate of drug-likeness (QED) is 0.531. The van der Waals surface area contributed by atoms with Crippen LogP contribution in [0.3, 0.4) is 0 Å². The van der Waals surface area contributed by atoms with Gasteiger partial charge in [0.2, 0.25) is 0 Å². The molecule has 5 heteroatoms. The zero-order chi connectivity index (χ0) is 20.6. The summed E-state index contributed by atoms with van der Waals surface area (Å²) in [6.45, 7) is 5.47. The topological polar surface area (TPSA) is 63.5 Å². The van der Waals surface area contributed by atoms with E-state index in [1.54, 1.807) is 6.92 Å². The lowest BCUT2D eigenvalue weighted by Crippen LogP contribution is -2.39. The van der Waals surface area contributed by atoms with Crippen LogP contribution in [0.2, 0.25) is 0 Å². The number of ether oxygens (including phenoxy) is 2. The Labute approximate surface area is 171 Å². The van der Waals surface area contributed by atoms with Crippen LogP contribution >= 0.6 is 0 Å². The molecular formula is C24H26NO4-. The number of benzene rings is 2. The molecule has 3 aromatic rings. The van der Waals surface area contributed by atoms with Crippen molar-refractivity contribution < 1.29 is 19.4 Å². The van der Waals surface area contributed by atoms with Gasteiger partial charge in [0.25, 0.3) is 0 Å². The highest BCUT2D eigenvalue weighted by Gasteiger charge is 2.11. The fourth-order valence-corrected chi connectivity index (χ4v) is 3.33. The molecule has 0 aliphatic rings. The first-order chi connectivity index (χ1) is 14.1. The average Bonchev–Trinajstić information content (AvgIpc) is 3.10. The van der Waals surface area contributed by atoms with Crippen LogP contribution < -0.4 is 9.84 Å². The van der Waals surface area contributed by atoms with Crippen LogP contribution in [-0.2, 0) is 22.5 Å². The maximum Gasteiger partial charge on any atom is 0.119 e. The van der Waals surface area contributed by atoms with E-state index in [4.69, 9.17) is 9.47 Å². The third kappa shape index (κ3) is 5.48. The second-order valence-corrected chi connectivity index (χ2v) is 6.84. The van der Waals surface area contributed by atoms with Gasteiger partial charge in [0.1, 0.15) is 18.5 Å². The van der Waals surface area contributed by atoms with Gasteiger partial charge in [0.05, 0.1) is 12.5 Å². The van der Waals surface area contributed by atoms with Crippen molar-refractivity contribution in [3.05, 3.63) is 78.0 Å². The highest BCUT2D eigenvalue weighted by atomic mass is 16.5. The van der Waals surface area contributed by atoms with Gasteiger partial charge in [-0.25, -0.2) is 0 Å². The first-order valence-corrected chi connectivity index (χ1v) is 9.84. The molecule has 1 heterocycles. The maximum atomic E-state index is 11.1. The first-order valence-electron chi connectivity index (χ1n) is 9.84. The minimum absolute atomic E-state index is 0.277. The van der Waals surface area contributed by atoms with Crippen molar-refractivity contribution in [2.45, 2.75) is 32.9 Å². The maximum absolute atomic E-state index is 11.1. The van der Waals surface area contributed by atoms with Gasteiger partial charge in [0.15, 0.2) is 0 Å². The molecule has 0 bridgehead atoms.